The van der Waals surface area contributed by atoms with Crippen LogP contribution in [0, 0.1) is 0 Å². The van der Waals surface area contributed by atoms with Crippen molar-refractivity contribution in [2.75, 3.05) is 26.2 Å². The third-order valence-corrected chi connectivity index (χ3v) is 2.45. The number of nitrogens with two attached hydrogens (primary N) is 1. The topological polar surface area (TPSA) is 92.9 Å². The molecule has 0 aliphatic heterocycles. The van der Waals surface area contributed by atoms with E-state index >= 15 is 0 Å². The summed E-state index contributed by atoms with van der Waals surface area (Å²) in [6, 6.07) is 6.85. The molecule has 1 aromatic carbocycles. The molecule has 0 aliphatic carbocycles. The number of aliphatic carboxylic acids is 1. The monoisotopic (exact) mass is 286 g/mol. The van der Waals surface area contributed by atoms with Crippen molar-refractivity contribution < 1.29 is 19.4 Å². The van der Waals surface area contributed by atoms with E-state index in [-0.39, 0.29) is 26.2 Å². The van der Waals surface area contributed by atoms with Crippen LogP contribution in [0.2, 0.25) is 5.02 Å². The normalized spacial score (nSPS) is 10.4. The molecule has 0 heterocycles. The van der Waals surface area contributed by atoms with E-state index in [1.807, 2.05) is 0 Å². The molecule has 0 saturated carbocycles. The van der Waals surface area contributed by atoms with Gasteiger partial charge < -0.3 is 15.6 Å². The lowest BCUT2D eigenvalue weighted by Gasteiger charge is -2.18. The molecule has 19 heavy (non-hydrogen) atoms. The van der Waals surface area contributed by atoms with Crippen LogP contribution in [0.15, 0.2) is 24.3 Å². The summed E-state index contributed by atoms with van der Waals surface area (Å²) in [5.41, 5.74) is 5.04. The molecule has 104 valence electrons. The van der Waals surface area contributed by atoms with Gasteiger partial charge in [-0.2, -0.15) is 0 Å². The molecule has 6 nitrogen and oxygen atoms in total. The van der Waals surface area contributed by atoms with Gasteiger partial charge in [-0.1, -0.05) is 17.7 Å². The highest BCUT2D eigenvalue weighted by atomic mass is 35.5. The van der Waals surface area contributed by atoms with Crippen LogP contribution >= 0.6 is 11.6 Å². The summed E-state index contributed by atoms with van der Waals surface area (Å²) in [6.45, 7) is 0.135. The van der Waals surface area contributed by atoms with Gasteiger partial charge in [-0.3, -0.25) is 14.5 Å². The Morgan fingerprint density at radius 3 is 2.68 bits per heavy atom. The van der Waals surface area contributed by atoms with E-state index in [0.29, 0.717) is 10.8 Å². The standard InChI is InChI=1S/C12H15ClN2O4/c13-9-2-1-3-10(6-9)19-5-4-15(7-11(14)16)8-12(17)18/h1-3,6H,4-5,7-8H2,(H2,14,16)(H,17,18). The number of carbonyl (C=O) groups is 2. The molecular formula is C12H15ClN2O4. The third-order valence-electron chi connectivity index (χ3n) is 2.21. The van der Waals surface area contributed by atoms with Gasteiger partial charge >= 0.3 is 5.97 Å². The van der Waals surface area contributed by atoms with Crippen molar-refractivity contribution in [1.82, 2.24) is 4.90 Å². The predicted octanol–water partition coefficient (Wildman–Crippen LogP) is 0.591. The summed E-state index contributed by atoms with van der Waals surface area (Å²) in [6.07, 6.45) is 0. The van der Waals surface area contributed by atoms with E-state index in [4.69, 9.17) is 27.2 Å². The van der Waals surface area contributed by atoms with Crippen LogP contribution in [0.25, 0.3) is 0 Å². The number of hydrogen-bond acceptors (Lipinski definition) is 4. The maximum atomic E-state index is 10.8. The molecule has 0 radical (unpaired) electrons. The molecule has 0 aromatic heterocycles. The van der Waals surface area contributed by atoms with E-state index in [1.54, 1.807) is 24.3 Å². The second kappa shape index (κ2) is 7.60. The zero-order chi connectivity index (χ0) is 14.3. The summed E-state index contributed by atoms with van der Waals surface area (Å²) in [7, 11) is 0. The Morgan fingerprint density at radius 2 is 2.11 bits per heavy atom. The van der Waals surface area contributed by atoms with Crippen molar-refractivity contribution in [3.63, 3.8) is 0 Å². The van der Waals surface area contributed by atoms with E-state index in [1.165, 1.54) is 4.90 Å². The Labute approximate surface area is 115 Å². The molecule has 7 heteroatoms. The summed E-state index contributed by atoms with van der Waals surface area (Å²) in [5, 5.41) is 9.25. The number of carboxylic acids is 1. The van der Waals surface area contributed by atoms with Gasteiger partial charge in [-0.15, -0.1) is 0 Å². The zero-order valence-electron chi connectivity index (χ0n) is 10.2. The SMILES string of the molecule is NC(=O)CN(CCOc1cccc(Cl)c1)CC(=O)O. The predicted molar refractivity (Wildman–Crippen MR) is 70.2 cm³/mol. The molecule has 0 aliphatic rings. The number of ether oxygens (including phenoxy) is 1. The second-order valence-electron chi connectivity index (χ2n) is 3.88. The second-order valence-corrected chi connectivity index (χ2v) is 4.31. The molecule has 1 aromatic rings. The van der Waals surface area contributed by atoms with Crippen LogP contribution in [-0.2, 0) is 9.59 Å². The minimum atomic E-state index is -1.02. The van der Waals surface area contributed by atoms with Gasteiger partial charge in [0.15, 0.2) is 0 Å². The van der Waals surface area contributed by atoms with E-state index in [9.17, 15) is 9.59 Å². The number of amides is 1. The fourth-order valence-corrected chi connectivity index (χ4v) is 1.66. The van der Waals surface area contributed by atoms with Crippen LogP contribution in [0.5, 0.6) is 5.75 Å². The number of nitrogens with zero attached hydrogens (tertiary/aromatic N) is 1. The first kappa shape index (κ1) is 15.3. The number of benzene rings is 1. The van der Waals surface area contributed by atoms with Crippen molar-refractivity contribution in [1.29, 1.82) is 0 Å². The molecule has 0 atom stereocenters. The molecular weight excluding hydrogens is 272 g/mol. The van der Waals surface area contributed by atoms with E-state index < -0.39 is 11.9 Å². The van der Waals surface area contributed by atoms with Gasteiger partial charge in [-0.25, -0.2) is 0 Å². The minimum Gasteiger partial charge on any atom is -0.492 e. The Bertz CT molecular complexity index is 437. The molecule has 0 fully saturated rings. The quantitative estimate of drug-likeness (QED) is 0.730. The number of halogens is 1. The maximum Gasteiger partial charge on any atom is 0.317 e. The Morgan fingerprint density at radius 1 is 1.37 bits per heavy atom. The van der Waals surface area contributed by atoms with Crippen LogP contribution in [0.1, 0.15) is 0 Å². The first-order valence-electron chi connectivity index (χ1n) is 5.58. The molecule has 0 unspecified atom stereocenters. The van der Waals surface area contributed by atoms with Crippen molar-refractivity contribution in [2.24, 2.45) is 5.73 Å². The third kappa shape index (κ3) is 6.64. The summed E-state index contributed by atoms with van der Waals surface area (Å²) in [4.78, 5) is 22.8. The molecule has 0 spiro atoms. The summed E-state index contributed by atoms with van der Waals surface area (Å²) >= 11 is 5.79. The number of carbonyl (C=O) groups excluding carboxylic acids is 1. The van der Waals surface area contributed by atoms with Gasteiger partial charge in [0.1, 0.15) is 12.4 Å². The molecule has 3 N–H and O–H groups in total. The molecule has 1 amide bonds. The number of rotatable bonds is 8. The zero-order valence-corrected chi connectivity index (χ0v) is 11.0. The fourth-order valence-electron chi connectivity index (χ4n) is 1.48. The Kier molecular flexibility index (Phi) is 6.11. The molecule has 1 rings (SSSR count). The lowest BCUT2D eigenvalue weighted by Crippen LogP contribution is -2.39. The first-order chi connectivity index (χ1) is 8.97. The van der Waals surface area contributed by atoms with Gasteiger partial charge in [0, 0.05) is 11.6 Å². The maximum absolute atomic E-state index is 10.8. The summed E-state index contributed by atoms with van der Waals surface area (Å²) < 4.78 is 5.41. The van der Waals surface area contributed by atoms with Crippen LogP contribution in [0.3, 0.4) is 0 Å². The molecule has 0 bridgehead atoms. The van der Waals surface area contributed by atoms with E-state index in [2.05, 4.69) is 0 Å². The smallest absolute Gasteiger partial charge is 0.317 e. The lowest BCUT2D eigenvalue weighted by molar-refractivity contribution is -0.138. The van der Waals surface area contributed by atoms with Gasteiger partial charge in [0.25, 0.3) is 0 Å². The van der Waals surface area contributed by atoms with Crippen molar-refractivity contribution in [3.8, 4) is 5.75 Å². The van der Waals surface area contributed by atoms with Crippen molar-refractivity contribution >= 4 is 23.5 Å². The number of carboxylic acid groups (broad SMARTS) is 1. The van der Waals surface area contributed by atoms with E-state index in [0.717, 1.165) is 0 Å². The Balaban J connectivity index is 2.43. The van der Waals surface area contributed by atoms with Crippen LogP contribution in [0.4, 0.5) is 0 Å². The van der Waals surface area contributed by atoms with Crippen molar-refractivity contribution in [2.45, 2.75) is 0 Å². The van der Waals surface area contributed by atoms with Gasteiger partial charge in [0.2, 0.25) is 5.91 Å². The van der Waals surface area contributed by atoms with Gasteiger partial charge in [0.05, 0.1) is 13.1 Å². The average Bonchev–Trinajstić information content (AvgIpc) is 2.27. The van der Waals surface area contributed by atoms with Gasteiger partial charge in [-0.05, 0) is 18.2 Å². The lowest BCUT2D eigenvalue weighted by atomic mass is 10.3. The molecule has 0 saturated heterocycles. The van der Waals surface area contributed by atoms with Crippen molar-refractivity contribution in [3.05, 3.63) is 29.3 Å². The number of primary amides is 1. The Hall–Kier alpha value is -1.79. The van der Waals surface area contributed by atoms with Crippen LogP contribution < -0.4 is 10.5 Å². The van der Waals surface area contributed by atoms with Crippen LogP contribution in [-0.4, -0.2) is 48.1 Å². The average molecular weight is 287 g/mol. The fraction of sp³-hybridized carbons (Fsp3) is 0.333. The first-order valence-corrected chi connectivity index (χ1v) is 5.96. The number of hydrogen-bond donors (Lipinski definition) is 2. The highest BCUT2D eigenvalue weighted by Gasteiger charge is 2.12. The highest BCUT2D eigenvalue weighted by molar-refractivity contribution is 6.30. The summed E-state index contributed by atoms with van der Waals surface area (Å²) in [5.74, 6) is -1.02. The minimum absolute atomic E-state index is 0.120. The highest BCUT2D eigenvalue weighted by Crippen LogP contribution is 2.16. The largest absolute Gasteiger partial charge is 0.492 e.